The van der Waals surface area contributed by atoms with E-state index >= 15 is 0 Å². The smallest absolute Gasteiger partial charge is 0.407 e. The van der Waals surface area contributed by atoms with Crippen LogP contribution in [0.4, 0.5) is 4.79 Å². The first-order chi connectivity index (χ1) is 29.7. The first-order valence-corrected chi connectivity index (χ1v) is 25.4. The van der Waals surface area contributed by atoms with E-state index in [1.165, 1.54) is 152 Å². The molecule has 350 valence electrons. The molecule has 0 aliphatic heterocycles. The maximum atomic E-state index is 13.8. The fourth-order valence-corrected chi connectivity index (χ4v) is 7.85. The van der Waals surface area contributed by atoms with Gasteiger partial charge in [-0.3, -0.25) is 4.79 Å². The molecule has 0 radical (unpaired) electrons. The van der Waals surface area contributed by atoms with Crippen LogP contribution in [0.3, 0.4) is 0 Å². The van der Waals surface area contributed by atoms with E-state index in [1.807, 2.05) is 20.8 Å². The quantitative estimate of drug-likeness (QED) is 0.0578. The summed E-state index contributed by atoms with van der Waals surface area (Å²) in [4.78, 5) is 26.0. The number of carbonyl (C=O) groups excluding carboxylic acids is 2. The molecule has 3 N–H and O–H groups in total. The van der Waals surface area contributed by atoms with Gasteiger partial charge >= 0.3 is 6.09 Å². The van der Waals surface area contributed by atoms with E-state index in [4.69, 9.17) is 14.2 Å². The third-order valence-corrected chi connectivity index (χ3v) is 11.6. The van der Waals surface area contributed by atoms with Crippen LogP contribution >= 0.6 is 0 Å². The van der Waals surface area contributed by atoms with Crippen LogP contribution in [-0.2, 0) is 25.5 Å². The number of rotatable bonds is 40. The van der Waals surface area contributed by atoms with Gasteiger partial charge in [-0.25, -0.2) is 4.79 Å². The Bertz CT molecular complexity index is 1350. The third-order valence-electron chi connectivity index (χ3n) is 11.6. The molecule has 2 aromatic carbocycles. The van der Waals surface area contributed by atoms with Gasteiger partial charge in [0.15, 0.2) is 0 Å². The second-order valence-electron chi connectivity index (χ2n) is 18.6. The maximum absolute atomic E-state index is 13.8. The van der Waals surface area contributed by atoms with Gasteiger partial charge in [-0.15, -0.1) is 0 Å². The fourth-order valence-electron chi connectivity index (χ4n) is 7.85. The van der Waals surface area contributed by atoms with Crippen molar-refractivity contribution >= 4 is 22.8 Å². The van der Waals surface area contributed by atoms with Crippen molar-refractivity contribution in [2.45, 2.75) is 232 Å². The van der Waals surface area contributed by atoms with Gasteiger partial charge in [0.2, 0.25) is 5.91 Å². The van der Waals surface area contributed by atoms with Crippen molar-refractivity contribution in [3.8, 4) is 0 Å². The number of benzene rings is 2. The van der Waals surface area contributed by atoms with Crippen molar-refractivity contribution in [1.29, 1.82) is 0 Å². The highest BCUT2D eigenvalue weighted by molar-refractivity contribution is 5.83. The molecule has 0 aliphatic carbocycles. The van der Waals surface area contributed by atoms with Crippen LogP contribution in [0.25, 0.3) is 10.8 Å². The zero-order valence-electron chi connectivity index (χ0n) is 40.1. The molecule has 1 unspecified atom stereocenters. The van der Waals surface area contributed by atoms with Gasteiger partial charge < -0.3 is 30.2 Å². The summed E-state index contributed by atoms with van der Waals surface area (Å²) in [6.07, 6.45) is 33.2. The number of hydrogen-bond acceptors (Lipinski definition) is 6. The normalized spacial score (nSPS) is 12.7. The van der Waals surface area contributed by atoms with Crippen molar-refractivity contribution in [2.75, 3.05) is 32.9 Å². The number of ether oxygens (including phenoxy) is 3. The van der Waals surface area contributed by atoms with Crippen molar-refractivity contribution in [1.82, 2.24) is 16.0 Å². The largest absolute Gasteiger partial charge is 0.444 e. The highest BCUT2D eigenvalue weighted by atomic mass is 16.6. The summed E-state index contributed by atoms with van der Waals surface area (Å²) in [5.41, 5.74) is 0.601. The molecule has 0 aromatic heterocycles. The minimum Gasteiger partial charge on any atom is -0.444 e. The van der Waals surface area contributed by atoms with E-state index in [-0.39, 0.29) is 18.1 Å². The van der Waals surface area contributed by atoms with Gasteiger partial charge in [0.25, 0.3) is 0 Å². The zero-order valence-corrected chi connectivity index (χ0v) is 40.1. The molecular weight excluding hydrogens is 759 g/mol. The van der Waals surface area contributed by atoms with Gasteiger partial charge in [-0.05, 0) is 75.3 Å². The lowest BCUT2D eigenvalue weighted by Gasteiger charge is -2.23. The lowest BCUT2D eigenvalue weighted by atomic mass is 10.1. The van der Waals surface area contributed by atoms with Gasteiger partial charge in [0, 0.05) is 32.8 Å². The molecule has 61 heavy (non-hydrogen) atoms. The van der Waals surface area contributed by atoms with Crippen LogP contribution in [0.15, 0.2) is 42.5 Å². The second kappa shape index (κ2) is 36.8. The van der Waals surface area contributed by atoms with Crippen molar-refractivity contribution < 1.29 is 23.8 Å². The van der Waals surface area contributed by atoms with E-state index in [9.17, 15) is 9.59 Å². The first kappa shape index (κ1) is 54.5. The van der Waals surface area contributed by atoms with Crippen molar-refractivity contribution in [3.63, 3.8) is 0 Å². The van der Waals surface area contributed by atoms with Crippen molar-refractivity contribution in [2.24, 2.45) is 0 Å². The minimum atomic E-state index is -0.536. The predicted molar refractivity (Wildman–Crippen MR) is 258 cm³/mol. The highest BCUT2D eigenvalue weighted by Gasteiger charge is 2.21. The topological polar surface area (TPSA) is 97.9 Å². The lowest BCUT2D eigenvalue weighted by Crippen LogP contribution is -2.47. The predicted octanol–water partition coefficient (Wildman–Crippen LogP) is 13.9. The molecule has 0 aliphatic rings. The van der Waals surface area contributed by atoms with Crippen LogP contribution in [0.2, 0.25) is 0 Å². The minimum absolute atomic E-state index is 0.0270. The Hall–Kier alpha value is -2.68. The SMILES string of the molecule is CCCCCCCCCCCCCCOCC(CNC(=O)[C@H](CCCCNC(=O)OC(C)(C)C)NCc1ccc2ccccc2c1)OCCCCCCCCCCCCCC. The van der Waals surface area contributed by atoms with Crippen LogP contribution in [0, 0.1) is 0 Å². The number of fused-ring (bicyclic) bond motifs is 1. The number of nitrogens with one attached hydrogen (secondary N) is 3. The number of unbranched alkanes of at least 4 members (excludes halogenated alkanes) is 23. The Morgan fingerprint density at radius 2 is 1.11 bits per heavy atom. The number of amides is 2. The van der Waals surface area contributed by atoms with Crippen LogP contribution < -0.4 is 16.0 Å². The molecule has 8 nitrogen and oxygen atoms in total. The summed E-state index contributed by atoms with van der Waals surface area (Å²) in [5.74, 6) is -0.0270. The average Bonchev–Trinajstić information content (AvgIpc) is 3.24. The van der Waals surface area contributed by atoms with Crippen LogP contribution in [-0.4, -0.2) is 62.7 Å². The maximum Gasteiger partial charge on any atom is 0.407 e. The third kappa shape index (κ3) is 30.9. The molecule has 0 fully saturated rings. The number of hydrogen-bond donors (Lipinski definition) is 3. The Balaban J connectivity index is 1.85. The van der Waals surface area contributed by atoms with Crippen LogP contribution in [0.5, 0.6) is 0 Å². The van der Waals surface area contributed by atoms with Crippen LogP contribution in [0.1, 0.15) is 214 Å². The molecular formula is C53H93N3O5. The van der Waals surface area contributed by atoms with Gasteiger partial charge in [0.1, 0.15) is 5.60 Å². The molecule has 2 amide bonds. The van der Waals surface area contributed by atoms with E-state index in [0.717, 1.165) is 37.9 Å². The second-order valence-corrected chi connectivity index (χ2v) is 18.6. The standard InChI is InChI=1S/C53H93N3O5/c1-6-8-10-12-14-16-18-20-22-24-26-32-40-59-45-49(60-41-33-27-25-23-21-19-17-15-13-11-9-7-2)44-56-51(57)50(36-30-31-39-54-52(58)61-53(3,4)5)55-43-46-37-38-47-34-28-29-35-48(47)42-46/h28-29,34-35,37-38,42,49-50,55H,6-27,30-33,36,39-41,43-45H2,1-5H3,(H,54,58)(H,56,57)/t49?,50-/m0/s1. The molecule has 0 bridgehead atoms. The Labute approximate surface area is 374 Å². The Morgan fingerprint density at radius 3 is 1.67 bits per heavy atom. The van der Waals surface area contributed by atoms with Gasteiger partial charge in [-0.1, -0.05) is 192 Å². The number of carbonyl (C=O) groups is 2. The molecule has 8 heteroatoms. The summed E-state index contributed by atoms with van der Waals surface area (Å²) in [7, 11) is 0. The Kier molecular flexibility index (Phi) is 32.8. The van der Waals surface area contributed by atoms with Gasteiger partial charge in [0.05, 0.1) is 18.8 Å². The molecule has 0 spiro atoms. The van der Waals surface area contributed by atoms with E-state index in [1.54, 1.807) is 0 Å². The van der Waals surface area contributed by atoms with Crippen molar-refractivity contribution in [3.05, 3.63) is 48.0 Å². The lowest BCUT2D eigenvalue weighted by molar-refractivity contribution is -0.124. The van der Waals surface area contributed by atoms with Gasteiger partial charge in [-0.2, -0.15) is 0 Å². The summed E-state index contributed by atoms with van der Waals surface area (Å²) in [5, 5.41) is 12.0. The molecule has 2 rings (SSSR count). The summed E-state index contributed by atoms with van der Waals surface area (Å²) >= 11 is 0. The monoisotopic (exact) mass is 852 g/mol. The molecule has 2 atom stereocenters. The first-order valence-electron chi connectivity index (χ1n) is 25.4. The molecule has 0 heterocycles. The molecule has 0 saturated heterocycles. The molecule has 2 aromatic rings. The zero-order chi connectivity index (χ0) is 44.1. The van der Waals surface area contributed by atoms with E-state index in [0.29, 0.717) is 39.3 Å². The average molecular weight is 852 g/mol. The summed E-state index contributed by atoms with van der Waals surface area (Å²) in [6, 6.07) is 14.4. The Morgan fingerprint density at radius 1 is 0.590 bits per heavy atom. The summed E-state index contributed by atoms with van der Waals surface area (Å²) < 4.78 is 18.0. The molecule has 0 saturated carbocycles. The van der Waals surface area contributed by atoms with E-state index < -0.39 is 11.7 Å². The van der Waals surface area contributed by atoms with E-state index in [2.05, 4.69) is 72.3 Å². The number of alkyl carbamates (subject to hydrolysis) is 1. The summed E-state index contributed by atoms with van der Waals surface area (Å²) in [6.45, 7) is 13.6. The fraction of sp³-hybridized carbons (Fsp3) is 0.774. The highest BCUT2D eigenvalue weighted by Crippen LogP contribution is 2.17.